The predicted octanol–water partition coefficient (Wildman–Crippen LogP) is -0.379. The van der Waals surface area contributed by atoms with E-state index in [9.17, 15) is 19.2 Å². The summed E-state index contributed by atoms with van der Waals surface area (Å²) in [4.78, 5) is 47.2. The van der Waals surface area contributed by atoms with Gasteiger partial charge in [-0.25, -0.2) is 9.59 Å². The molecule has 6 N–H and O–H groups in total. The van der Waals surface area contributed by atoms with Crippen molar-refractivity contribution in [2.24, 2.45) is 5.73 Å². The van der Waals surface area contributed by atoms with Crippen LogP contribution in [0.1, 0.15) is 15.9 Å². The number of carbonyl (C=O) groups excluding carboxylic acids is 2. The minimum absolute atomic E-state index is 0.00875. The number of amides is 2. The second-order valence-corrected chi connectivity index (χ2v) is 8.20. The Morgan fingerprint density at radius 1 is 0.946 bits per heavy atom. The summed E-state index contributed by atoms with van der Waals surface area (Å²) in [5.74, 6) is -3.59. The van der Waals surface area contributed by atoms with E-state index in [1.165, 1.54) is 0 Å². The summed E-state index contributed by atoms with van der Waals surface area (Å²) in [6.07, 6.45) is -4.53. The standard InChI is InChI=1S/C21H25N3O3.C4H6O6/c1-23(20(25)14-22)15-16-3-2-4-19(13-16)17-5-7-18(8-6-17)21(26)24-9-11-27-12-10-24;5-1(3(7)8)2(6)4(9)10/h2-8,13H,9-12,14-15,22H2,1H3;1-2,5-6H,(H,7,8)(H,9,10)/t;1-,2-/m.1/s1. The fourth-order valence-electron chi connectivity index (χ4n) is 3.39. The van der Waals surface area contributed by atoms with Gasteiger partial charge in [-0.1, -0.05) is 30.3 Å². The number of carbonyl (C=O) groups is 4. The molecule has 12 heteroatoms. The fourth-order valence-corrected chi connectivity index (χ4v) is 3.39. The molecule has 1 aliphatic rings. The average molecular weight is 518 g/mol. The van der Waals surface area contributed by atoms with Gasteiger partial charge in [-0.15, -0.1) is 0 Å². The number of rotatable bonds is 8. The van der Waals surface area contributed by atoms with Crippen LogP contribution in [-0.2, 0) is 25.7 Å². The van der Waals surface area contributed by atoms with Crippen molar-refractivity contribution < 1.29 is 44.3 Å². The lowest BCUT2D eigenvalue weighted by molar-refractivity contribution is -0.165. The number of ether oxygens (including phenoxy) is 1. The number of hydrogen-bond donors (Lipinski definition) is 5. The molecule has 1 heterocycles. The summed E-state index contributed by atoms with van der Waals surface area (Å²) in [6, 6.07) is 15.7. The van der Waals surface area contributed by atoms with E-state index < -0.39 is 24.1 Å². The molecule has 0 radical (unpaired) electrons. The summed E-state index contributed by atoms with van der Waals surface area (Å²) in [5, 5.41) is 32.5. The SMILES string of the molecule is CN(Cc1cccc(-c2ccc(C(=O)N3CCOCC3)cc2)c1)C(=O)CN.O=C(O)[C@H](O)[C@@H](O)C(=O)O. The summed E-state index contributed by atoms with van der Waals surface area (Å²) >= 11 is 0. The van der Waals surface area contributed by atoms with Crippen molar-refractivity contribution in [3.8, 4) is 11.1 Å². The molecule has 2 aromatic carbocycles. The number of likely N-dealkylation sites (N-methyl/N-ethyl adjacent to an activating group) is 1. The third-order valence-corrected chi connectivity index (χ3v) is 5.52. The van der Waals surface area contributed by atoms with Gasteiger partial charge in [0.15, 0.2) is 12.2 Å². The molecule has 2 atom stereocenters. The minimum atomic E-state index is -2.27. The Kier molecular flexibility index (Phi) is 11.2. The Labute approximate surface area is 213 Å². The number of aliphatic hydroxyl groups excluding tert-OH is 2. The molecule has 200 valence electrons. The summed E-state index contributed by atoms with van der Waals surface area (Å²) in [5.41, 5.74) is 9.21. The van der Waals surface area contributed by atoms with Crippen molar-refractivity contribution in [1.82, 2.24) is 9.80 Å². The number of carboxylic acid groups (broad SMARTS) is 2. The van der Waals surface area contributed by atoms with Gasteiger partial charge in [-0.05, 0) is 34.9 Å². The molecule has 1 saturated heterocycles. The van der Waals surface area contributed by atoms with Crippen molar-refractivity contribution in [2.75, 3.05) is 39.9 Å². The molecule has 0 unspecified atom stereocenters. The topological polar surface area (TPSA) is 191 Å². The maximum Gasteiger partial charge on any atom is 0.335 e. The van der Waals surface area contributed by atoms with Crippen LogP contribution in [-0.4, -0.2) is 106 Å². The van der Waals surface area contributed by atoms with Gasteiger partial charge in [-0.3, -0.25) is 9.59 Å². The summed E-state index contributed by atoms with van der Waals surface area (Å²) in [7, 11) is 1.74. The van der Waals surface area contributed by atoms with Crippen LogP contribution in [0, 0.1) is 0 Å². The molecule has 3 rings (SSSR count). The van der Waals surface area contributed by atoms with E-state index in [0.29, 0.717) is 38.4 Å². The fraction of sp³-hybridized carbons (Fsp3) is 0.360. The molecular weight excluding hydrogens is 486 g/mol. The van der Waals surface area contributed by atoms with Gasteiger partial charge < -0.3 is 40.7 Å². The third-order valence-electron chi connectivity index (χ3n) is 5.52. The first-order chi connectivity index (χ1) is 17.5. The number of aliphatic hydroxyl groups is 2. The highest BCUT2D eigenvalue weighted by molar-refractivity contribution is 5.94. The number of nitrogens with zero attached hydrogens (tertiary/aromatic N) is 2. The van der Waals surface area contributed by atoms with E-state index in [-0.39, 0.29) is 18.4 Å². The number of aliphatic carboxylic acids is 2. The van der Waals surface area contributed by atoms with Crippen LogP contribution < -0.4 is 5.73 Å². The van der Waals surface area contributed by atoms with Crippen LogP contribution in [0.15, 0.2) is 48.5 Å². The first-order valence-electron chi connectivity index (χ1n) is 11.4. The lowest BCUT2D eigenvalue weighted by Crippen LogP contribution is -2.40. The highest BCUT2D eigenvalue weighted by Gasteiger charge is 2.29. The Hall–Kier alpha value is -3.84. The van der Waals surface area contributed by atoms with Gasteiger partial charge >= 0.3 is 11.9 Å². The Morgan fingerprint density at radius 3 is 2.03 bits per heavy atom. The molecule has 0 aliphatic carbocycles. The van der Waals surface area contributed by atoms with Crippen LogP contribution >= 0.6 is 0 Å². The van der Waals surface area contributed by atoms with Crippen LogP contribution in [0.2, 0.25) is 0 Å². The lowest BCUT2D eigenvalue weighted by Gasteiger charge is -2.26. The molecule has 0 bridgehead atoms. The molecule has 0 saturated carbocycles. The van der Waals surface area contributed by atoms with Gasteiger partial charge in [-0.2, -0.15) is 0 Å². The van der Waals surface area contributed by atoms with E-state index in [0.717, 1.165) is 16.7 Å². The van der Waals surface area contributed by atoms with E-state index in [2.05, 4.69) is 6.07 Å². The zero-order chi connectivity index (χ0) is 27.5. The zero-order valence-corrected chi connectivity index (χ0v) is 20.3. The smallest absolute Gasteiger partial charge is 0.335 e. The minimum Gasteiger partial charge on any atom is -0.479 e. The van der Waals surface area contributed by atoms with E-state index in [4.69, 9.17) is 30.9 Å². The summed E-state index contributed by atoms with van der Waals surface area (Å²) < 4.78 is 5.30. The number of morpholine rings is 1. The van der Waals surface area contributed by atoms with Crippen molar-refractivity contribution in [3.05, 3.63) is 59.7 Å². The molecule has 12 nitrogen and oxygen atoms in total. The predicted molar refractivity (Wildman–Crippen MR) is 131 cm³/mol. The molecule has 37 heavy (non-hydrogen) atoms. The largest absolute Gasteiger partial charge is 0.479 e. The van der Waals surface area contributed by atoms with Crippen molar-refractivity contribution >= 4 is 23.8 Å². The van der Waals surface area contributed by atoms with Crippen LogP contribution in [0.25, 0.3) is 11.1 Å². The number of carboxylic acids is 2. The molecule has 0 aromatic heterocycles. The Bertz CT molecular complexity index is 1070. The molecule has 1 fully saturated rings. The van der Waals surface area contributed by atoms with Crippen molar-refractivity contribution in [3.63, 3.8) is 0 Å². The van der Waals surface area contributed by atoms with Gasteiger partial charge in [0.25, 0.3) is 5.91 Å². The maximum absolute atomic E-state index is 12.5. The second kappa shape index (κ2) is 14.0. The lowest BCUT2D eigenvalue weighted by atomic mass is 10.0. The normalized spacial score (nSPS) is 14.5. The van der Waals surface area contributed by atoms with Crippen molar-refractivity contribution in [1.29, 1.82) is 0 Å². The maximum atomic E-state index is 12.5. The first-order valence-corrected chi connectivity index (χ1v) is 11.4. The van der Waals surface area contributed by atoms with Gasteiger partial charge in [0.2, 0.25) is 5.91 Å². The van der Waals surface area contributed by atoms with E-state index in [1.807, 2.05) is 47.4 Å². The number of nitrogens with two attached hydrogens (primary N) is 1. The second-order valence-electron chi connectivity index (χ2n) is 8.20. The van der Waals surface area contributed by atoms with Crippen molar-refractivity contribution in [2.45, 2.75) is 18.8 Å². The number of benzene rings is 2. The zero-order valence-electron chi connectivity index (χ0n) is 20.3. The van der Waals surface area contributed by atoms with Gasteiger partial charge in [0.05, 0.1) is 19.8 Å². The molecular formula is C25H31N3O9. The highest BCUT2D eigenvalue weighted by atomic mass is 16.5. The molecule has 2 aromatic rings. The molecule has 2 amide bonds. The molecule has 1 aliphatic heterocycles. The van der Waals surface area contributed by atoms with Crippen LogP contribution in [0.4, 0.5) is 0 Å². The number of hydrogen-bond acceptors (Lipinski definition) is 8. The van der Waals surface area contributed by atoms with Gasteiger partial charge in [0.1, 0.15) is 0 Å². The molecule has 0 spiro atoms. The first kappa shape index (κ1) is 29.4. The van der Waals surface area contributed by atoms with E-state index in [1.54, 1.807) is 11.9 Å². The third kappa shape index (κ3) is 8.65. The Balaban J connectivity index is 0.000000410. The quantitative estimate of drug-likeness (QED) is 0.308. The van der Waals surface area contributed by atoms with E-state index >= 15 is 0 Å². The van der Waals surface area contributed by atoms with Gasteiger partial charge in [0, 0.05) is 32.2 Å². The van der Waals surface area contributed by atoms with Crippen LogP contribution in [0.3, 0.4) is 0 Å². The highest BCUT2D eigenvalue weighted by Crippen LogP contribution is 2.22. The van der Waals surface area contributed by atoms with Crippen LogP contribution in [0.5, 0.6) is 0 Å². The summed E-state index contributed by atoms with van der Waals surface area (Å²) in [6.45, 7) is 2.98. The Morgan fingerprint density at radius 2 is 1.51 bits per heavy atom. The average Bonchev–Trinajstić information content (AvgIpc) is 2.92. The monoisotopic (exact) mass is 517 g/mol.